The summed E-state index contributed by atoms with van der Waals surface area (Å²) < 4.78 is 1.91. The molecule has 19 heavy (non-hydrogen) atoms. The molecule has 0 aliphatic carbocycles. The van der Waals surface area contributed by atoms with E-state index >= 15 is 0 Å². The van der Waals surface area contributed by atoms with Crippen LogP contribution in [0.25, 0.3) is 5.69 Å². The van der Waals surface area contributed by atoms with Gasteiger partial charge in [0.25, 0.3) is 0 Å². The smallest absolute Gasteiger partial charge is 0.232 e. The van der Waals surface area contributed by atoms with Crippen molar-refractivity contribution in [2.24, 2.45) is 0 Å². The monoisotopic (exact) mass is 276 g/mol. The van der Waals surface area contributed by atoms with Crippen LogP contribution in [0.4, 0.5) is 0 Å². The third-order valence-electron chi connectivity index (χ3n) is 2.72. The van der Waals surface area contributed by atoms with Crippen LogP contribution in [0.15, 0.2) is 35.7 Å². The predicted molar refractivity (Wildman–Crippen MR) is 75.5 cm³/mol. The lowest BCUT2D eigenvalue weighted by Crippen LogP contribution is -2.23. The highest BCUT2D eigenvalue weighted by Crippen LogP contribution is 2.21. The van der Waals surface area contributed by atoms with E-state index in [-0.39, 0.29) is 5.91 Å². The fraction of sp³-hybridized carbons (Fsp3) is 0.308. The molecule has 1 aromatic carbocycles. The standard InChI is InChI=1S/C13H16N4OS/c1-10-6-4-5-7-11(10)17-9-14-15-13(17)19-8-12(18)16(2)3/h4-7,9H,8H2,1-3H3. The minimum absolute atomic E-state index is 0.0596. The Morgan fingerprint density at radius 2 is 2.11 bits per heavy atom. The van der Waals surface area contributed by atoms with Gasteiger partial charge >= 0.3 is 0 Å². The van der Waals surface area contributed by atoms with Gasteiger partial charge in [0.05, 0.1) is 11.4 Å². The summed E-state index contributed by atoms with van der Waals surface area (Å²) in [5, 5.41) is 8.73. The van der Waals surface area contributed by atoms with E-state index in [1.165, 1.54) is 11.8 Å². The SMILES string of the molecule is Cc1ccccc1-n1cnnc1SCC(=O)N(C)C. The van der Waals surface area contributed by atoms with Gasteiger partial charge in [0.1, 0.15) is 6.33 Å². The Morgan fingerprint density at radius 1 is 1.37 bits per heavy atom. The molecule has 0 aliphatic rings. The van der Waals surface area contributed by atoms with Gasteiger partial charge in [0.15, 0.2) is 5.16 Å². The Morgan fingerprint density at radius 3 is 2.79 bits per heavy atom. The molecule has 100 valence electrons. The van der Waals surface area contributed by atoms with Gasteiger partial charge in [-0.1, -0.05) is 30.0 Å². The van der Waals surface area contributed by atoms with Crippen LogP contribution in [-0.2, 0) is 4.79 Å². The highest BCUT2D eigenvalue weighted by atomic mass is 32.2. The number of para-hydroxylation sites is 1. The second-order valence-corrected chi connectivity index (χ2v) is 5.29. The van der Waals surface area contributed by atoms with Crippen LogP contribution in [0.2, 0.25) is 0 Å². The minimum atomic E-state index is 0.0596. The average molecular weight is 276 g/mol. The molecule has 0 aliphatic heterocycles. The van der Waals surface area contributed by atoms with Crippen LogP contribution in [0.1, 0.15) is 5.56 Å². The molecule has 0 saturated heterocycles. The lowest BCUT2D eigenvalue weighted by Gasteiger charge is -2.11. The number of rotatable bonds is 4. The predicted octanol–water partition coefficient (Wildman–Crippen LogP) is 1.76. The minimum Gasteiger partial charge on any atom is -0.348 e. The van der Waals surface area contributed by atoms with Crippen molar-refractivity contribution >= 4 is 17.7 Å². The van der Waals surface area contributed by atoms with E-state index in [2.05, 4.69) is 10.2 Å². The molecule has 2 aromatic rings. The van der Waals surface area contributed by atoms with Crippen LogP contribution in [-0.4, -0.2) is 45.4 Å². The van der Waals surface area contributed by atoms with Gasteiger partial charge in [-0.05, 0) is 18.6 Å². The number of carbonyl (C=O) groups is 1. The van der Waals surface area contributed by atoms with Crippen LogP contribution in [0, 0.1) is 6.92 Å². The number of aromatic nitrogens is 3. The zero-order valence-corrected chi connectivity index (χ0v) is 12.0. The number of thioether (sulfide) groups is 1. The number of amides is 1. The van der Waals surface area contributed by atoms with E-state index in [9.17, 15) is 4.79 Å². The van der Waals surface area contributed by atoms with E-state index in [1.807, 2.05) is 35.8 Å². The Bertz CT molecular complexity index is 580. The van der Waals surface area contributed by atoms with Gasteiger partial charge in [0.2, 0.25) is 5.91 Å². The molecule has 6 heteroatoms. The Kier molecular flexibility index (Phi) is 4.21. The first kappa shape index (κ1) is 13.6. The molecule has 1 aromatic heterocycles. The quantitative estimate of drug-likeness (QED) is 0.798. The molecule has 0 radical (unpaired) electrons. The molecule has 0 unspecified atom stereocenters. The summed E-state index contributed by atoms with van der Waals surface area (Å²) >= 11 is 1.39. The number of carbonyl (C=O) groups excluding carboxylic acids is 1. The number of aryl methyl sites for hydroxylation is 1. The van der Waals surface area contributed by atoms with Crippen LogP contribution >= 0.6 is 11.8 Å². The first-order valence-corrected chi connectivity index (χ1v) is 6.87. The maximum absolute atomic E-state index is 11.6. The van der Waals surface area contributed by atoms with Crippen molar-refractivity contribution in [2.45, 2.75) is 12.1 Å². The van der Waals surface area contributed by atoms with E-state index in [0.717, 1.165) is 16.4 Å². The summed E-state index contributed by atoms with van der Waals surface area (Å²) in [6.07, 6.45) is 1.67. The summed E-state index contributed by atoms with van der Waals surface area (Å²) in [5.41, 5.74) is 2.18. The highest BCUT2D eigenvalue weighted by Gasteiger charge is 2.11. The van der Waals surface area contributed by atoms with Crippen molar-refractivity contribution in [2.75, 3.05) is 19.8 Å². The summed E-state index contributed by atoms with van der Waals surface area (Å²) in [6.45, 7) is 2.04. The molecule has 0 saturated carbocycles. The largest absolute Gasteiger partial charge is 0.348 e. The second-order valence-electron chi connectivity index (χ2n) is 4.35. The number of nitrogens with zero attached hydrogens (tertiary/aromatic N) is 4. The van der Waals surface area contributed by atoms with Gasteiger partial charge in [-0.15, -0.1) is 10.2 Å². The zero-order chi connectivity index (χ0) is 13.8. The Labute approximate surface area is 116 Å². The number of benzene rings is 1. The average Bonchev–Trinajstić information content (AvgIpc) is 2.84. The third kappa shape index (κ3) is 3.14. The van der Waals surface area contributed by atoms with Crippen molar-refractivity contribution < 1.29 is 4.79 Å². The van der Waals surface area contributed by atoms with Crippen LogP contribution in [0.5, 0.6) is 0 Å². The molecule has 1 heterocycles. The van der Waals surface area contributed by atoms with Crippen molar-refractivity contribution in [1.29, 1.82) is 0 Å². The van der Waals surface area contributed by atoms with Gasteiger partial charge in [0, 0.05) is 14.1 Å². The first-order valence-electron chi connectivity index (χ1n) is 5.88. The van der Waals surface area contributed by atoms with Crippen LogP contribution in [0.3, 0.4) is 0 Å². The van der Waals surface area contributed by atoms with E-state index < -0.39 is 0 Å². The lowest BCUT2D eigenvalue weighted by atomic mass is 10.2. The molecule has 1 amide bonds. The first-order chi connectivity index (χ1) is 9.09. The van der Waals surface area contributed by atoms with E-state index in [0.29, 0.717) is 5.75 Å². The fourth-order valence-electron chi connectivity index (χ4n) is 1.58. The Hall–Kier alpha value is -1.82. The van der Waals surface area contributed by atoms with Crippen molar-refractivity contribution in [3.8, 4) is 5.69 Å². The molecular weight excluding hydrogens is 260 g/mol. The second kappa shape index (κ2) is 5.88. The molecular formula is C13H16N4OS. The molecule has 0 fully saturated rings. The third-order valence-corrected chi connectivity index (χ3v) is 3.64. The normalized spacial score (nSPS) is 10.5. The van der Waals surface area contributed by atoms with Gasteiger partial charge in [-0.2, -0.15) is 0 Å². The van der Waals surface area contributed by atoms with Gasteiger partial charge < -0.3 is 4.90 Å². The molecule has 0 N–H and O–H groups in total. The maximum Gasteiger partial charge on any atom is 0.232 e. The van der Waals surface area contributed by atoms with Crippen LogP contribution < -0.4 is 0 Å². The summed E-state index contributed by atoms with van der Waals surface area (Å²) in [7, 11) is 3.49. The maximum atomic E-state index is 11.6. The molecule has 0 atom stereocenters. The molecule has 2 rings (SSSR count). The van der Waals surface area contributed by atoms with Crippen molar-refractivity contribution in [1.82, 2.24) is 19.7 Å². The highest BCUT2D eigenvalue weighted by molar-refractivity contribution is 7.99. The number of hydrogen-bond donors (Lipinski definition) is 0. The molecule has 5 nitrogen and oxygen atoms in total. The Balaban J connectivity index is 2.19. The van der Waals surface area contributed by atoms with E-state index in [4.69, 9.17) is 0 Å². The zero-order valence-electron chi connectivity index (χ0n) is 11.2. The molecule has 0 spiro atoms. The molecule has 0 bridgehead atoms. The summed E-state index contributed by atoms with van der Waals surface area (Å²) in [4.78, 5) is 13.2. The van der Waals surface area contributed by atoms with E-state index in [1.54, 1.807) is 25.3 Å². The summed E-state index contributed by atoms with van der Waals surface area (Å²) in [5.74, 6) is 0.418. The fourth-order valence-corrected chi connectivity index (χ4v) is 2.48. The van der Waals surface area contributed by atoms with Gasteiger partial charge in [-0.3, -0.25) is 9.36 Å². The summed E-state index contributed by atoms with van der Waals surface area (Å²) in [6, 6.07) is 8.01. The topological polar surface area (TPSA) is 51.0 Å². The van der Waals surface area contributed by atoms with Crippen molar-refractivity contribution in [3.05, 3.63) is 36.2 Å². The number of hydrogen-bond acceptors (Lipinski definition) is 4. The van der Waals surface area contributed by atoms with Crippen molar-refractivity contribution in [3.63, 3.8) is 0 Å². The van der Waals surface area contributed by atoms with Gasteiger partial charge in [-0.25, -0.2) is 0 Å². The lowest BCUT2D eigenvalue weighted by molar-refractivity contribution is -0.125.